The van der Waals surface area contributed by atoms with Crippen molar-refractivity contribution in [3.05, 3.63) is 35.9 Å². The van der Waals surface area contributed by atoms with Crippen molar-refractivity contribution in [1.29, 1.82) is 0 Å². The molecule has 0 unspecified atom stereocenters. The zero-order valence-corrected chi connectivity index (χ0v) is 20.4. The van der Waals surface area contributed by atoms with Crippen LogP contribution in [0.15, 0.2) is 24.5 Å². The van der Waals surface area contributed by atoms with Crippen LogP contribution in [0.1, 0.15) is 50.9 Å². The van der Waals surface area contributed by atoms with Crippen LogP contribution in [0.2, 0.25) is 0 Å². The minimum absolute atomic E-state index is 0. The molecule has 0 aliphatic carbocycles. The van der Waals surface area contributed by atoms with Gasteiger partial charge in [-0.3, -0.25) is 4.79 Å². The fraction of sp³-hybridized carbons (Fsp3) is 0.565. The van der Waals surface area contributed by atoms with Gasteiger partial charge in [0, 0.05) is 30.6 Å². The number of carbonyl (C=O) groups is 1. The van der Waals surface area contributed by atoms with E-state index in [0.717, 1.165) is 39.0 Å². The minimum atomic E-state index is -0.499. The van der Waals surface area contributed by atoms with Gasteiger partial charge in [-0.15, -0.1) is 22.6 Å². The molecule has 2 aliphatic rings. The second kappa shape index (κ2) is 10.2. The summed E-state index contributed by atoms with van der Waals surface area (Å²) in [5.41, 5.74) is 0.460. The summed E-state index contributed by atoms with van der Waals surface area (Å²) >= 11 is 0. The number of carbonyl (C=O) groups excluding carboxylic acids is 1. The zero-order chi connectivity index (χ0) is 22.9. The molecule has 8 nitrogen and oxygen atoms in total. The van der Waals surface area contributed by atoms with Crippen molar-refractivity contribution in [2.75, 3.05) is 31.1 Å². The van der Waals surface area contributed by atoms with Gasteiger partial charge in [0.25, 0.3) is 11.8 Å². The summed E-state index contributed by atoms with van der Waals surface area (Å²) in [5, 5.41) is 11.4. The van der Waals surface area contributed by atoms with Crippen LogP contribution >= 0.6 is 12.4 Å². The number of ether oxygens (including phenoxy) is 1. The molecule has 2 fully saturated rings. The number of anilines is 1. The number of nitrogens with zero attached hydrogens (tertiary/aromatic N) is 5. The van der Waals surface area contributed by atoms with Crippen LogP contribution in [-0.2, 0) is 0 Å². The van der Waals surface area contributed by atoms with Crippen molar-refractivity contribution < 1.29 is 13.9 Å². The third-order valence-corrected chi connectivity index (χ3v) is 6.31. The highest BCUT2D eigenvalue weighted by molar-refractivity contribution is 5.97. The first-order valence-corrected chi connectivity index (χ1v) is 11.2. The summed E-state index contributed by atoms with van der Waals surface area (Å²) < 4.78 is 20.2. The van der Waals surface area contributed by atoms with Gasteiger partial charge in [0.1, 0.15) is 17.9 Å². The van der Waals surface area contributed by atoms with Crippen LogP contribution in [0.4, 0.5) is 10.2 Å². The van der Waals surface area contributed by atoms with Gasteiger partial charge in [-0.25, -0.2) is 9.37 Å². The number of piperidine rings is 1. The summed E-state index contributed by atoms with van der Waals surface area (Å²) in [7, 11) is 0. The molecule has 2 aromatic rings. The molecule has 2 saturated heterocycles. The van der Waals surface area contributed by atoms with E-state index in [1.807, 2.05) is 27.7 Å². The normalized spacial score (nSPS) is 17.0. The van der Waals surface area contributed by atoms with E-state index < -0.39 is 5.82 Å². The molecule has 1 aromatic carbocycles. The predicted molar refractivity (Wildman–Crippen MR) is 127 cm³/mol. The highest BCUT2D eigenvalue weighted by Gasteiger charge is 2.45. The van der Waals surface area contributed by atoms with Gasteiger partial charge in [-0.05, 0) is 71.8 Å². The van der Waals surface area contributed by atoms with Crippen LogP contribution in [-0.4, -0.2) is 64.3 Å². The lowest BCUT2D eigenvalue weighted by atomic mass is 9.72. The predicted octanol–water partition coefficient (Wildman–Crippen LogP) is 3.67. The van der Waals surface area contributed by atoms with Crippen molar-refractivity contribution in [2.24, 2.45) is 5.41 Å². The molecule has 1 aromatic heterocycles. The Morgan fingerprint density at radius 2 is 1.85 bits per heavy atom. The van der Waals surface area contributed by atoms with E-state index in [4.69, 9.17) is 4.74 Å². The fourth-order valence-corrected chi connectivity index (χ4v) is 4.80. The Morgan fingerprint density at radius 3 is 2.48 bits per heavy atom. The monoisotopic (exact) mass is 478 g/mol. The molecule has 0 saturated carbocycles. The van der Waals surface area contributed by atoms with Gasteiger partial charge >= 0.3 is 0 Å². The zero-order valence-electron chi connectivity index (χ0n) is 19.5. The molecular weight excluding hydrogens is 447 g/mol. The second-order valence-electron chi connectivity index (χ2n) is 9.34. The number of nitrogens with one attached hydrogen (secondary N) is 1. The summed E-state index contributed by atoms with van der Waals surface area (Å²) in [5.74, 6) is 0.263. The molecule has 1 N–H and O–H groups in total. The van der Waals surface area contributed by atoms with Gasteiger partial charge in [0.05, 0.1) is 5.56 Å². The number of hydrogen-bond acceptors (Lipinski definition) is 7. The number of rotatable bonds is 6. The minimum Gasteiger partial charge on any atom is -0.434 e. The first-order chi connectivity index (χ1) is 15.3. The summed E-state index contributed by atoms with van der Waals surface area (Å²) in [6, 6.07) is 3.86. The Morgan fingerprint density at radius 1 is 1.18 bits per heavy atom. The fourth-order valence-electron chi connectivity index (χ4n) is 4.80. The van der Waals surface area contributed by atoms with Crippen LogP contribution in [0.3, 0.4) is 0 Å². The molecule has 0 radical (unpaired) electrons. The lowest BCUT2D eigenvalue weighted by Gasteiger charge is -2.52. The first-order valence-electron chi connectivity index (χ1n) is 11.2. The highest BCUT2D eigenvalue weighted by atomic mass is 35.5. The maximum atomic E-state index is 14.1. The summed E-state index contributed by atoms with van der Waals surface area (Å²) in [6.45, 7) is 11.6. The van der Waals surface area contributed by atoms with Crippen molar-refractivity contribution in [3.63, 3.8) is 0 Å². The third-order valence-electron chi connectivity index (χ3n) is 6.31. The first kappa shape index (κ1) is 25.1. The Hall–Kier alpha value is -2.52. The van der Waals surface area contributed by atoms with Gasteiger partial charge in [0.15, 0.2) is 5.82 Å². The van der Waals surface area contributed by atoms with Crippen molar-refractivity contribution >= 4 is 24.1 Å². The molecule has 4 rings (SSSR count). The molecule has 180 valence electrons. The Bertz CT molecular complexity index is 967. The van der Waals surface area contributed by atoms with E-state index in [1.54, 1.807) is 4.90 Å². The number of aromatic nitrogens is 3. The standard InChI is InChI=1S/C23H31FN6O2.ClH/c1-15(2)30(16(3)4)22(31)18-11-17(24)5-6-19(18)32-21-20(26-14-27-28-21)29-12-23(13-29)7-9-25-10-8-23;/h5-6,11,14-16,25H,7-10,12-13H2,1-4H3;1H. The topological polar surface area (TPSA) is 83.5 Å². The van der Waals surface area contributed by atoms with Crippen molar-refractivity contribution in [1.82, 2.24) is 25.4 Å². The van der Waals surface area contributed by atoms with Crippen molar-refractivity contribution in [2.45, 2.75) is 52.6 Å². The molecule has 0 bridgehead atoms. The quantitative estimate of drug-likeness (QED) is 0.678. The Labute approximate surface area is 200 Å². The third kappa shape index (κ3) is 5.19. The molecule has 3 heterocycles. The highest BCUT2D eigenvalue weighted by Crippen LogP contribution is 2.43. The van der Waals surface area contributed by atoms with Crippen LogP contribution in [0, 0.1) is 11.2 Å². The Balaban J connectivity index is 0.00000306. The van der Waals surface area contributed by atoms with Crippen molar-refractivity contribution in [3.8, 4) is 11.6 Å². The second-order valence-corrected chi connectivity index (χ2v) is 9.34. The maximum Gasteiger partial charge on any atom is 0.282 e. The van der Waals surface area contributed by atoms with Crippen LogP contribution < -0.4 is 15.0 Å². The molecule has 1 amide bonds. The van der Waals surface area contributed by atoms with E-state index in [2.05, 4.69) is 25.4 Å². The molecule has 33 heavy (non-hydrogen) atoms. The van der Waals surface area contributed by atoms with Gasteiger partial charge in [0.2, 0.25) is 0 Å². The average molecular weight is 479 g/mol. The Kier molecular flexibility index (Phi) is 7.74. The van der Waals surface area contributed by atoms with Gasteiger partial charge in [-0.1, -0.05) is 0 Å². The summed E-state index contributed by atoms with van der Waals surface area (Å²) in [4.78, 5) is 21.5. The maximum absolute atomic E-state index is 14.1. The average Bonchev–Trinajstić information content (AvgIpc) is 2.73. The van der Waals surface area contributed by atoms with Crippen LogP contribution in [0.5, 0.6) is 11.6 Å². The lowest BCUT2D eigenvalue weighted by molar-refractivity contribution is 0.0640. The SMILES string of the molecule is CC(C)N(C(=O)c1cc(F)ccc1Oc1nncnc1N1CC2(CCNCC2)C1)C(C)C.Cl. The smallest absolute Gasteiger partial charge is 0.282 e. The lowest BCUT2D eigenvalue weighted by Crippen LogP contribution is -2.60. The van der Waals surface area contributed by atoms with Gasteiger partial charge < -0.3 is 19.9 Å². The van der Waals surface area contributed by atoms with E-state index in [1.165, 1.54) is 24.5 Å². The number of hydrogen-bond donors (Lipinski definition) is 1. The van der Waals surface area contributed by atoms with Crippen LogP contribution in [0.25, 0.3) is 0 Å². The molecular formula is C23H32ClFN6O2. The van der Waals surface area contributed by atoms with E-state index in [0.29, 0.717) is 11.2 Å². The number of amides is 1. The molecule has 0 atom stereocenters. The molecule has 2 aliphatic heterocycles. The number of benzene rings is 1. The number of halogens is 2. The summed E-state index contributed by atoms with van der Waals surface area (Å²) in [6.07, 6.45) is 3.66. The van der Waals surface area contributed by atoms with E-state index >= 15 is 0 Å². The molecule has 10 heteroatoms. The van der Waals surface area contributed by atoms with Gasteiger partial charge in [-0.2, -0.15) is 0 Å². The van der Waals surface area contributed by atoms with E-state index in [-0.39, 0.29) is 47.6 Å². The largest absolute Gasteiger partial charge is 0.434 e. The van der Waals surface area contributed by atoms with E-state index in [9.17, 15) is 9.18 Å². The molecule has 1 spiro atoms.